The number of nitrogens with one attached hydrogen (secondary N) is 1. The minimum absolute atomic E-state index is 0.0892. The Morgan fingerprint density at radius 3 is 2.59 bits per heavy atom. The summed E-state index contributed by atoms with van der Waals surface area (Å²) >= 11 is 6.44. The Hall–Kier alpha value is -2.79. The highest BCUT2D eigenvalue weighted by atomic mass is 35.5. The lowest BCUT2D eigenvalue weighted by Gasteiger charge is -2.40. The number of hydrogen-bond donors (Lipinski definition) is 2. The van der Waals surface area contributed by atoms with Crippen molar-refractivity contribution in [1.29, 1.82) is 0 Å². The Bertz CT molecular complexity index is 947. The van der Waals surface area contributed by atoms with Crippen molar-refractivity contribution in [1.82, 2.24) is 5.43 Å². The molecule has 0 spiro atoms. The van der Waals surface area contributed by atoms with Crippen molar-refractivity contribution in [3.05, 3.63) is 64.2 Å². The number of phenolic OH excluding ortho intramolecular Hbond substituents is 1. The van der Waals surface area contributed by atoms with E-state index in [0.717, 1.165) is 16.8 Å². The van der Waals surface area contributed by atoms with Gasteiger partial charge in [-0.3, -0.25) is 4.79 Å². The molecular weight excluding hydrogens is 362 g/mol. The Labute approximate surface area is 164 Å². The van der Waals surface area contributed by atoms with Gasteiger partial charge in [0.15, 0.2) is 0 Å². The number of amides is 1. The van der Waals surface area contributed by atoms with Crippen LogP contribution in [0.15, 0.2) is 47.6 Å². The molecule has 0 unspecified atom stereocenters. The van der Waals surface area contributed by atoms with Crippen molar-refractivity contribution < 1.29 is 9.90 Å². The van der Waals surface area contributed by atoms with Gasteiger partial charge in [0.1, 0.15) is 5.75 Å². The third kappa shape index (κ3) is 3.83. The van der Waals surface area contributed by atoms with E-state index in [2.05, 4.69) is 42.3 Å². The summed E-state index contributed by atoms with van der Waals surface area (Å²) < 4.78 is 0. The highest BCUT2D eigenvalue weighted by Crippen LogP contribution is 2.40. The predicted molar refractivity (Wildman–Crippen MR) is 111 cm³/mol. The summed E-state index contributed by atoms with van der Waals surface area (Å²) in [6, 6.07) is 9.86. The van der Waals surface area contributed by atoms with Crippen LogP contribution in [0.1, 0.15) is 42.3 Å². The van der Waals surface area contributed by atoms with Crippen LogP contribution in [-0.2, 0) is 0 Å². The normalized spacial score (nSPS) is 15.4. The largest absolute Gasteiger partial charge is 0.508 e. The molecule has 0 fully saturated rings. The van der Waals surface area contributed by atoms with Gasteiger partial charge in [0.2, 0.25) is 0 Å². The maximum absolute atomic E-state index is 12.1. The number of carbonyl (C=O) groups excluding carboxylic acids is 1. The number of carbonyl (C=O) groups is 1. The molecule has 5 nitrogen and oxygen atoms in total. The van der Waals surface area contributed by atoms with E-state index in [1.54, 1.807) is 0 Å². The number of rotatable bonds is 3. The van der Waals surface area contributed by atoms with Crippen molar-refractivity contribution in [2.45, 2.75) is 26.3 Å². The summed E-state index contributed by atoms with van der Waals surface area (Å²) in [5, 5.41) is 13.9. The first-order chi connectivity index (χ1) is 12.7. The minimum Gasteiger partial charge on any atom is -0.508 e. The van der Waals surface area contributed by atoms with E-state index in [9.17, 15) is 9.90 Å². The molecule has 140 valence electrons. The molecule has 6 heteroatoms. The third-order valence-corrected chi connectivity index (χ3v) is 5.16. The van der Waals surface area contributed by atoms with Crippen molar-refractivity contribution >= 4 is 35.0 Å². The van der Waals surface area contributed by atoms with E-state index in [4.69, 9.17) is 11.6 Å². The fourth-order valence-corrected chi connectivity index (χ4v) is 3.33. The van der Waals surface area contributed by atoms with Gasteiger partial charge in [0.25, 0.3) is 5.91 Å². The molecule has 0 saturated heterocycles. The molecule has 2 aromatic carbocycles. The third-order valence-electron chi connectivity index (χ3n) is 4.83. The topological polar surface area (TPSA) is 64.9 Å². The Morgan fingerprint density at radius 1 is 1.26 bits per heavy atom. The van der Waals surface area contributed by atoms with E-state index in [1.165, 1.54) is 36.1 Å². The van der Waals surface area contributed by atoms with E-state index in [1.807, 2.05) is 19.2 Å². The minimum atomic E-state index is -0.363. The number of phenols is 1. The van der Waals surface area contributed by atoms with Crippen LogP contribution in [0.4, 0.5) is 5.69 Å². The van der Waals surface area contributed by atoms with Gasteiger partial charge in [-0.2, -0.15) is 5.10 Å². The molecule has 0 bridgehead atoms. The van der Waals surface area contributed by atoms with Gasteiger partial charge in [-0.25, -0.2) is 5.43 Å². The Kier molecular flexibility index (Phi) is 4.98. The number of anilines is 1. The average molecular weight is 384 g/mol. The summed E-state index contributed by atoms with van der Waals surface area (Å²) in [5.41, 5.74) is 6.84. The number of likely N-dealkylation sites (N-methyl/N-ethyl adjacent to an activating group) is 1. The second kappa shape index (κ2) is 7.08. The number of allylic oxidation sites excluding steroid dienone is 1. The SMILES string of the molecule is CC1=CC(C)(C)N(C)c2cc(Cl)c(/C=N\NC(=O)c3ccc(O)cc3)cc21. The zero-order chi connectivity index (χ0) is 19.8. The Balaban J connectivity index is 1.82. The monoisotopic (exact) mass is 383 g/mol. The highest BCUT2D eigenvalue weighted by Gasteiger charge is 2.29. The summed E-state index contributed by atoms with van der Waals surface area (Å²) in [5.74, 6) is -0.259. The molecule has 0 aliphatic carbocycles. The molecule has 1 aliphatic rings. The second-order valence-corrected chi connectivity index (χ2v) is 7.58. The van der Waals surface area contributed by atoms with E-state index < -0.39 is 0 Å². The molecule has 1 amide bonds. The number of nitrogens with zero attached hydrogens (tertiary/aromatic N) is 2. The summed E-state index contributed by atoms with van der Waals surface area (Å²) in [7, 11) is 2.05. The lowest BCUT2D eigenvalue weighted by atomic mass is 9.88. The zero-order valence-corrected chi connectivity index (χ0v) is 16.5. The van der Waals surface area contributed by atoms with Gasteiger partial charge in [0.05, 0.1) is 16.8 Å². The van der Waals surface area contributed by atoms with Crippen molar-refractivity contribution in [2.75, 3.05) is 11.9 Å². The smallest absolute Gasteiger partial charge is 0.271 e. The van der Waals surface area contributed by atoms with Gasteiger partial charge in [-0.1, -0.05) is 17.7 Å². The summed E-state index contributed by atoms with van der Waals surface area (Å²) in [6.07, 6.45) is 3.75. The molecule has 3 rings (SSSR count). The average Bonchev–Trinajstić information content (AvgIpc) is 2.61. The second-order valence-electron chi connectivity index (χ2n) is 7.18. The van der Waals surface area contributed by atoms with Crippen LogP contribution in [0.5, 0.6) is 5.75 Å². The van der Waals surface area contributed by atoms with Gasteiger partial charge in [0, 0.05) is 29.4 Å². The number of hydrazone groups is 1. The van der Waals surface area contributed by atoms with Crippen LogP contribution in [0, 0.1) is 0 Å². The van der Waals surface area contributed by atoms with Gasteiger partial charge < -0.3 is 10.0 Å². The molecule has 27 heavy (non-hydrogen) atoms. The predicted octanol–water partition coefficient (Wildman–Crippen LogP) is 4.44. The molecular formula is C21H22ClN3O2. The summed E-state index contributed by atoms with van der Waals surface area (Å²) in [4.78, 5) is 14.3. The van der Waals surface area contributed by atoms with Crippen LogP contribution >= 0.6 is 11.6 Å². The zero-order valence-electron chi connectivity index (χ0n) is 15.7. The number of halogens is 1. The quantitative estimate of drug-likeness (QED) is 0.608. The van der Waals surface area contributed by atoms with Crippen molar-refractivity contribution in [2.24, 2.45) is 5.10 Å². The van der Waals surface area contributed by atoms with Gasteiger partial charge >= 0.3 is 0 Å². The van der Waals surface area contributed by atoms with E-state index in [0.29, 0.717) is 10.6 Å². The van der Waals surface area contributed by atoms with Crippen LogP contribution in [0.25, 0.3) is 5.57 Å². The highest BCUT2D eigenvalue weighted by molar-refractivity contribution is 6.33. The fourth-order valence-electron chi connectivity index (χ4n) is 3.12. The molecule has 2 N–H and O–H groups in total. The number of aromatic hydroxyl groups is 1. The fraction of sp³-hybridized carbons (Fsp3) is 0.238. The standard InChI is InChI=1S/C21H22ClN3O2/c1-13-11-21(2,3)25(4)19-10-18(22)15(9-17(13)19)12-23-24-20(27)14-5-7-16(26)8-6-14/h5-12,26H,1-4H3,(H,24,27)/b23-12-. The molecule has 1 heterocycles. The molecule has 0 atom stereocenters. The van der Waals surface area contributed by atoms with Crippen molar-refractivity contribution in [3.63, 3.8) is 0 Å². The van der Waals surface area contributed by atoms with E-state index in [-0.39, 0.29) is 17.2 Å². The van der Waals surface area contributed by atoms with Crippen LogP contribution < -0.4 is 10.3 Å². The molecule has 0 radical (unpaired) electrons. The number of benzene rings is 2. The van der Waals surface area contributed by atoms with Gasteiger partial charge in [-0.15, -0.1) is 0 Å². The first kappa shape index (κ1) is 19.0. The first-order valence-corrected chi connectivity index (χ1v) is 8.96. The summed E-state index contributed by atoms with van der Waals surface area (Å²) in [6.45, 7) is 6.39. The lowest BCUT2D eigenvalue weighted by molar-refractivity contribution is 0.0955. The van der Waals surface area contributed by atoms with Crippen LogP contribution in [0.2, 0.25) is 5.02 Å². The van der Waals surface area contributed by atoms with E-state index >= 15 is 0 Å². The Morgan fingerprint density at radius 2 is 1.93 bits per heavy atom. The lowest BCUT2D eigenvalue weighted by Crippen LogP contribution is -2.42. The first-order valence-electron chi connectivity index (χ1n) is 8.59. The van der Waals surface area contributed by atoms with Gasteiger partial charge in [-0.05, 0) is 62.7 Å². The molecule has 0 aromatic heterocycles. The molecule has 2 aromatic rings. The molecule has 1 aliphatic heterocycles. The van der Waals surface area contributed by atoms with Crippen LogP contribution in [-0.4, -0.2) is 29.8 Å². The maximum atomic E-state index is 12.1. The number of hydrogen-bond acceptors (Lipinski definition) is 4. The maximum Gasteiger partial charge on any atom is 0.271 e. The molecule has 0 saturated carbocycles. The van der Waals surface area contributed by atoms with Crippen LogP contribution in [0.3, 0.4) is 0 Å². The number of fused-ring (bicyclic) bond motifs is 1. The van der Waals surface area contributed by atoms with Crippen molar-refractivity contribution in [3.8, 4) is 5.75 Å².